The normalized spacial score (nSPS) is 15.2. The Hall–Kier alpha value is -3.38. The van der Waals surface area contributed by atoms with Crippen molar-refractivity contribution in [2.24, 2.45) is 0 Å². The molecule has 2 aromatic carbocycles. The Kier molecular flexibility index (Phi) is 5.65. The lowest BCUT2D eigenvalue weighted by atomic mass is 10.2. The predicted octanol–water partition coefficient (Wildman–Crippen LogP) is 1.30. The lowest BCUT2D eigenvalue weighted by Gasteiger charge is -2.35. The summed E-state index contributed by atoms with van der Waals surface area (Å²) in [5, 5.41) is 22.9. The zero-order valence-electron chi connectivity index (χ0n) is 16.8. The minimum atomic E-state index is -3.27. The van der Waals surface area contributed by atoms with Crippen molar-refractivity contribution in [2.45, 2.75) is 11.4 Å². The van der Waals surface area contributed by atoms with Crippen LogP contribution in [0.5, 0.6) is 0 Å². The maximum absolute atomic E-state index is 11.7. The summed E-state index contributed by atoms with van der Waals surface area (Å²) < 4.78 is 24.9. The molecule has 1 aliphatic heterocycles. The van der Waals surface area contributed by atoms with Crippen molar-refractivity contribution in [2.75, 3.05) is 37.3 Å². The molecule has 1 fully saturated rings. The van der Waals surface area contributed by atoms with Gasteiger partial charge in [0.05, 0.1) is 22.1 Å². The fourth-order valence-electron chi connectivity index (χ4n) is 3.51. The van der Waals surface area contributed by atoms with Crippen molar-refractivity contribution < 1.29 is 13.3 Å². The van der Waals surface area contributed by atoms with Gasteiger partial charge in [-0.3, -0.25) is 15.0 Å². The number of sulfone groups is 1. The number of benzene rings is 2. The van der Waals surface area contributed by atoms with Crippen molar-refractivity contribution >= 4 is 21.2 Å². The highest BCUT2D eigenvalue weighted by Gasteiger charge is 2.21. The maximum atomic E-state index is 11.7. The highest BCUT2D eigenvalue weighted by Crippen LogP contribution is 2.22. The van der Waals surface area contributed by atoms with E-state index in [-0.39, 0.29) is 15.5 Å². The van der Waals surface area contributed by atoms with Crippen LogP contribution in [0, 0.1) is 10.1 Å². The lowest BCUT2D eigenvalue weighted by Crippen LogP contribution is -2.46. The number of hydrogen-bond acceptors (Lipinski definition) is 9. The van der Waals surface area contributed by atoms with E-state index in [9.17, 15) is 18.5 Å². The molecule has 11 nitrogen and oxygen atoms in total. The second kappa shape index (κ2) is 8.40. The molecule has 0 atom stereocenters. The average Bonchev–Trinajstić information content (AvgIpc) is 3.22. The molecule has 0 spiro atoms. The van der Waals surface area contributed by atoms with Gasteiger partial charge in [-0.15, -0.1) is 5.10 Å². The number of anilines is 1. The Bertz CT molecular complexity index is 1190. The SMILES string of the molecule is CS(=O)(=O)c1ccc(-n2nnnc2CN2CCN(c3cccc([N+](=O)[O-])c3)CC2)cc1. The van der Waals surface area contributed by atoms with Crippen LogP contribution >= 0.6 is 0 Å². The third-order valence-electron chi connectivity index (χ3n) is 5.19. The molecule has 2 heterocycles. The molecule has 1 aliphatic rings. The third kappa shape index (κ3) is 4.70. The summed E-state index contributed by atoms with van der Waals surface area (Å²) in [6, 6.07) is 13.1. The van der Waals surface area contributed by atoms with Gasteiger partial charge in [0, 0.05) is 50.3 Å². The predicted molar refractivity (Wildman–Crippen MR) is 113 cm³/mol. The quantitative estimate of drug-likeness (QED) is 0.409. The first-order valence-corrected chi connectivity index (χ1v) is 11.5. The smallest absolute Gasteiger partial charge is 0.271 e. The Balaban J connectivity index is 1.42. The van der Waals surface area contributed by atoms with Crippen molar-refractivity contribution in [1.82, 2.24) is 25.1 Å². The van der Waals surface area contributed by atoms with E-state index in [0.29, 0.717) is 18.1 Å². The molecule has 0 unspecified atom stereocenters. The van der Waals surface area contributed by atoms with Gasteiger partial charge in [0.2, 0.25) is 0 Å². The van der Waals surface area contributed by atoms with Crippen molar-refractivity contribution in [3.05, 3.63) is 64.5 Å². The number of non-ortho nitro benzene ring substituents is 1. The van der Waals surface area contributed by atoms with Crippen molar-refractivity contribution in [3.8, 4) is 5.69 Å². The third-order valence-corrected chi connectivity index (χ3v) is 6.32. The molecule has 0 radical (unpaired) electrons. The molecule has 1 saturated heterocycles. The van der Waals surface area contributed by atoms with Crippen LogP contribution in [-0.2, 0) is 16.4 Å². The standard InChI is InChI=1S/C19H21N7O4S/c1-31(29,30)18-7-5-15(6-8-18)25-19(20-21-22-25)14-23-9-11-24(12-10-23)16-3-2-4-17(13-16)26(27)28/h2-8,13H,9-12,14H2,1H3. The second-order valence-electron chi connectivity index (χ2n) is 7.31. The van der Waals surface area contributed by atoms with E-state index in [1.54, 1.807) is 28.9 Å². The highest BCUT2D eigenvalue weighted by atomic mass is 32.2. The zero-order chi connectivity index (χ0) is 22.0. The second-order valence-corrected chi connectivity index (χ2v) is 9.33. The Labute approximate surface area is 179 Å². The fraction of sp³-hybridized carbons (Fsp3) is 0.316. The van der Waals surface area contributed by atoms with Crippen LogP contribution in [0.2, 0.25) is 0 Å². The van der Waals surface area contributed by atoms with Gasteiger partial charge in [0.15, 0.2) is 15.7 Å². The number of rotatable bonds is 6. The zero-order valence-corrected chi connectivity index (χ0v) is 17.6. The first-order valence-electron chi connectivity index (χ1n) is 9.61. The van der Waals surface area contributed by atoms with Crippen LogP contribution < -0.4 is 4.90 Å². The van der Waals surface area contributed by atoms with Crippen LogP contribution in [-0.4, -0.2) is 70.9 Å². The molecule has 4 rings (SSSR count). The highest BCUT2D eigenvalue weighted by molar-refractivity contribution is 7.90. The summed E-state index contributed by atoms with van der Waals surface area (Å²) >= 11 is 0. The van der Waals surface area contributed by atoms with Gasteiger partial charge in [0.1, 0.15) is 0 Å². The van der Waals surface area contributed by atoms with Crippen molar-refractivity contribution in [1.29, 1.82) is 0 Å². The molecule has 0 amide bonds. The van der Waals surface area contributed by atoms with E-state index in [2.05, 4.69) is 25.3 Å². The van der Waals surface area contributed by atoms with E-state index in [0.717, 1.165) is 38.1 Å². The average molecular weight is 443 g/mol. The Morgan fingerprint density at radius 1 is 1.03 bits per heavy atom. The van der Waals surface area contributed by atoms with E-state index in [1.807, 2.05) is 6.07 Å². The van der Waals surface area contributed by atoms with Crippen LogP contribution in [0.1, 0.15) is 5.82 Å². The number of nitrogens with zero attached hydrogens (tertiary/aromatic N) is 7. The molecule has 3 aromatic rings. The molecule has 0 aliphatic carbocycles. The van der Waals surface area contributed by atoms with Crippen LogP contribution in [0.15, 0.2) is 53.4 Å². The summed E-state index contributed by atoms with van der Waals surface area (Å²) in [6.45, 7) is 3.49. The summed E-state index contributed by atoms with van der Waals surface area (Å²) in [5.74, 6) is 0.649. The number of aromatic nitrogens is 4. The molecule has 162 valence electrons. The van der Waals surface area contributed by atoms with Gasteiger partial charge in [-0.2, -0.15) is 4.68 Å². The molecule has 0 saturated carbocycles. The minimum absolute atomic E-state index is 0.0843. The van der Waals surface area contributed by atoms with Gasteiger partial charge in [0.25, 0.3) is 5.69 Å². The van der Waals surface area contributed by atoms with Crippen LogP contribution in [0.4, 0.5) is 11.4 Å². The Morgan fingerprint density at radius 2 is 1.74 bits per heavy atom. The topological polar surface area (TPSA) is 127 Å². The summed E-state index contributed by atoms with van der Waals surface area (Å²) in [6.07, 6.45) is 1.16. The Morgan fingerprint density at radius 3 is 2.39 bits per heavy atom. The molecule has 1 aromatic heterocycles. The monoisotopic (exact) mass is 443 g/mol. The number of nitro groups is 1. The van der Waals surface area contributed by atoms with E-state index in [4.69, 9.17) is 0 Å². The van der Waals surface area contributed by atoms with Gasteiger partial charge < -0.3 is 4.90 Å². The van der Waals surface area contributed by atoms with Gasteiger partial charge in [-0.1, -0.05) is 6.07 Å². The molecule has 31 heavy (non-hydrogen) atoms. The largest absolute Gasteiger partial charge is 0.369 e. The summed E-state index contributed by atoms with van der Waals surface area (Å²) in [5.41, 5.74) is 1.60. The summed E-state index contributed by atoms with van der Waals surface area (Å²) in [4.78, 5) is 15.2. The van der Waals surface area contributed by atoms with E-state index < -0.39 is 9.84 Å². The molecule has 12 heteroatoms. The fourth-order valence-corrected chi connectivity index (χ4v) is 4.14. The van der Waals surface area contributed by atoms with Gasteiger partial charge >= 0.3 is 0 Å². The van der Waals surface area contributed by atoms with Gasteiger partial charge in [-0.25, -0.2) is 8.42 Å². The first-order chi connectivity index (χ1) is 14.8. The van der Waals surface area contributed by atoms with Crippen LogP contribution in [0.3, 0.4) is 0 Å². The van der Waals surface area contributed by atoms with Crippen LogP contribution in [0.25, 0.3) is 5.69 Å². The van der Waals surface area contributed by atoms with E-state index >= 15 is 0 Å². The molecular weight excluding hydrogens is 422 g/mol. The number of tetrazole rings is 1. The molecule has 0 bridgehead atoms. The maximum Gasteiger partial charge on any atom is 0.271 e. The summed E-state index contributed by atoms with van der Waals surface area (Å²) in [7, 11) is -3.27. The molecule has 0 N–H and O–H groups in total. The first kappa shape index (κ1) is 20.9. The number of hydrogen-bond donors (Lipinski definition) is 0. The minimum Gasteiger partial charge on any atom is -0.369 e. The number of nitro benzene ring substituents is 1. The van der Waals surface area contributed by atoms with E-state index in [1.165, 1.54) is 18.2 Å². The van der Waals surface area contributed by atoms with Crippen molar-refractivity contribution in [3.63, 3.8) is 0 Å². The number of piperazine rings is 1. The molecular formula is C19H21N7O4S. The van der Waals surface area contributed by atoms with Gasteiger partial charge in [-0.05, 0) is 40.8 Å². The lowest BCUT2D eigenvalue weighted by molar-refractivity contribution is -0.384.